The molecular weight excluding hydrogens is 248 g/mol. The van der Waals surface area contributed by atoms with E-state index < -0.39 is 24.5 Å². The SMILES string of the molecule is CCN(CC(C#N)C(F)(F)F)c1ccc(F)cc1. The van der Waals surface area contributed by atoms with Gasteiger partial charge in [0.05, 0.1) is 6.07 Å². The summed E-state index contributed by atoms with van der Waals surface area (Å²) in [5, 5.41) is 8.54. The van der Waals surface area contributed by atoms with E-state index in [0.29, 0.717) is 12.2 Å². The first-order valence-electron chi connectivity index (χ1n) is 5.35. The lowest BCUT2D eigenvalue weighted by Crippen LogP contribution is -2.36. The van der Waals surface area contributed by atoms with Crippen LogP contribution in [0.3, 0.4) is 0 Å². The lowest BCUT2D eigenvalue weighted by molar-refractivity contribution is -0.156. The van der Waals surface area contributed by atoms with Crippen LogP contribution in [0.1, 0.15) is 6.92 Å². The highest BCUT2D eigenvalue weighted by atomic mass is 19.4. The van der Waals surface area contributed by atoms with E-state index in [1.54, 1.807) is 6.92 Å². The summed E-state index contributed by atoms with van der Waals surface area (Å²) in [6, 6.07) is 6.38. The van der Waals surface area contributed by atoms with Gasteiger partial charge >= 0.3 is 6.18 Å². The second kappa shape index (κ2) is 5.71. The molecule has 18 heavy (non-hydrogen) atoms. The Morgan fingerprint density at radius 2 is 1.83 bits per heavy atom. The van der Waals surface area contributed by atoms with Gasteiger partial charge in [0.1, 0.15) is 5.82 Å². The zero-order chi connectivity index (χ0) is 13.8. The maximum Gasteiger partial charge on any atom is 0.406 e. The molecule has 1 unspecified atom stereocenters. The van der Waals surface area contributed by atoms with Crippen molar-refractivity contribution in [2.24, 2.45) is 5.92 Å². The van der Waals surface area contributed by atoms with Crippen LogP contribution in [0.5, 0.6) is 0 Å². The molecule has 0 bridgehead atoms. The molecule has 0 aliphatic heterocycles. The molecule has 1 aromatic rings. The van der Waals surface area contributed by atoms with Crippen molar-refractivity contribution in [2.45, 2.75) is 13.1 Å². The second-order valence-corrected chi connectivity index (χ2v) is 3.74. The Morgan fingerprint density at radius 1 is 1.28 bits per heavy atom. The Kier molecular flexibility index (Phi) is 4.54. The van der Waals surface area contributed by atoms with E-state index in [1.807, 2.05) is 0 Å². The molecule has 6 heteroatoms. The maximum absolute atomic E-state index is 12.7. The van der Waals surface area contributed by atoms with Crippen LogP contribution in [0.15, 0.2) is 24.3 Å². The molecule has 0 radical (unpaired) electrons. The van der Waals surface area contributed by atoms with E-state index in [2.05, 4.69) is 0 Å². The Hall–Kier alpha value is -1.77. The molecule has 0 spiro atoms. The van der Waals surface area contributed by atoms with E-state index in [-0.39, 0.29) is 0 Å². The highest BCUT2D eigenvalue weighted by Gasteiger charge is 2.40. The molecule has 2 nitrogen and oxygen atoms in total. The van der Waals surface area contributed by atoms with Gasteiger partial charge in [0.15, 0.2) is 5.92 Å². The van der Waals surface area contributed by atoms with Crippen molar-refractivity contribution in [2.75, 3.05) is 18.0 Å². The van der Waals surface area contributed by atoms with Crippen LogP contribution >= 0.6 is 0 Å². The van der Waals surface area contributed by atoms with Crippen molar-refractivity contribution in [1.29, 1.82) is 5.26 Å². The van der Waals surface area contributed by atoms with Gasteiger partial charge in [-0.2, -0.15) is 18.4 Å². The van der Waals surface area contributed by atoms with E-state index in [0.717, 1.165) is 0 Å². The minimum Gasteiger partial charge on any atom is -0.370 e. The maximum atomic E-state index is 12.7. The van der Waals surface area contributed by atoms with Gasteiger partial charge in [-0.1, -0.05) is 0 Å². The van der Waals surface area contributed by atoms with Gasteiger partial charge in [-0.25, -0.2) is 4.39 Å². The third kappa shape index (κ3) is 3.62. The van der Waals surface area contributed by atoms with Gasteiger partial charge < -0.3 is 4.90 Å². The van der Waals surface area contributed by atoms with Crippen LogP contribution in [-0.2, 0) is 0 Å². The lowest BCUT2D eigenvalue weighted by atomic mass is 10.1. The predicted octanol–water partition coefficient (Wildman–Crippen LogP) is 3.35. The zero-order valence-corrected chi connectivity index (χ0v) is 9.71. The average molecular weight is 260 g/mol. The monoisotopic (exact) mass is 260 g/mol. The van der Waals surface area contributed by atoms with Crippen LogP contribution in [0.2, 0.25) is 0 Å². The Balaban J connectivity index is 2.85. The predicted molar refractivity (Wildman–Crippen MR) is 59.4 cm³/mol. The number of rotatable bonds is 4. The van der Waals surface area contributed by atoms with E-state index >= 15 is 0 Å². The summed E-state index contributed by atoms with van der Waals surface area (Å²) in [6.07, 6.45) is -4.55. The number of hydrogen-bond donors (Lipinski definition) is 0. The fraction of sp³-hybridized carbons (Fsp3) is 0.417. The van der Waals surface area contributed by atoms with Crippen LogP contribution < -0.4 is 4.90 Å². The standard InChI is InChI=1S/C12H12F4N2/c1-2-18(8-9(7-17)12(14,15)16)11-5-3-10(13)4-6-11/h3-6,9H,2,8H2,1H3. The fourth-order valence-corrected chi connectivity index (χ4v) is 1.51. The molecule has 0 aromatic heterocycles. The molecule has 0 aliphatic carbocycles. The van der Waals surface area contributed by atoms with Crippen molar-refractivity contribution in [3.8, 4) is 6.07 Å². The zero-order valence-electron chi connectivity index (χ0n) is 9.71. The molecule has 1 rings (SSSR count). The van der Waals surface area contributed by atoms with Crippen molar-refractivity contribution in [3.05, 3.63) is 30.1 Å². The van der Waals surface area contributed by atoms with Crippen LogP contribution in [-0.4, -0.2) is 19.3 Å². The molecule has 0 amide bonds. The van der Waals surface area contributed by atoms with Gasteiger partial charge in [0.2, 0.25) is 0 Å². The molecule has 0 heterocycles. The molecule has 98 valence electrons. The van der Waals surface area contributed by atoms with E-state index in [4.69, 9.17) is 5.26 Å². The van der Waals surface area contributed by atoms with Crippen molar-refractivity contribution in [3.63, 3.8) is 0 Å². The van der Waals surface area contributed by atoms with E-state index in [9.17, 15) is 17.6 Å². The molecule has 0 saturated carbocycles. The smallest absolute Gasteiger partial charge is 0.370 e. The number of alkyl halides is 3. The van der Waals surface area contributed by atoms with Crippen LogP contribution in [0, 0.1) is 23.1 Å². The highest BCUT2D eigenvalue weighted by Crippen LogP contribution is 2.28. The Bertz CT molecular complexity index is 419. The molecule has 0 fully saturated rings. The summed E-state index contributed by atoms with van der Waals surface area (Å²) in [6.45, 7) is 1.52. The number of benzene rings is 1. The molecule has 0 N–H and O–H groups in total. The minimum atomic E-state index is -4.55. The molecule has 0 aliphatic rings. The van der Waals surface area contributed by atoms with E-state index in [1.165, 1.54) is 35.2 Å². The minimum absolute atomic E-state index is 0.305. The lowest BCUT2D eigenvalue weighted by Gasteiger charge is -2.26. The summed E-state index contributed by atoms with van der Waals surface area (Å²) in [4.78, 5) is 1.39. The van der Waals surface area contributed by atoms with Gasteiger partial charge in [-0.15, -0.1) is 0 Å². The fourth-order valence-electron chi connectivity index (χ4n) is 1.51. The molecule has 1 aromatic carbocycles. The first-order valence-corrected chi connectivity index (χ1v) is 5.35. The average Bonchev–Trinajstić information content (AvgIpc) is 2.30. The van der Waals surface area contributed by atoms with Crippen LogP contribution in [0.25, 0.3) is 0 Å². The summed E-state index contributed by atoms with van der Waals surface area (Å²) >= 11 is 0. The number of hydrogen-bond acceptors (Lipinski definition) is 2. The van der Waals surface area contributed by atoms with Crippen molar-refractivity contribution < 1.29 is 17.6 Å². The number of halogens is 4. The first-order chi connectivity index (χ1) is 8.38. The van der Waals surface area contributed by atoms with Crippen molar-refractivity contribution >= 4 is 5.69 Å². The summed E-state index contributed by atoms with van der Waals surface area (Å²) in [5.41, 5.74) is 0.461. The number of anilines is 1. The van der Waals surface area contributed by atoms with Gasteiger partial charge in [-0.3, -0.25) is 0 Å². The summed E-state index contributed by atoms with van der Waals surface area (Å²) < 4.78 is 50.2. The number of nitrogens with zero attached hydrogens (tertiary/aromatic N) is 2. The topological polar surface area (TPSA) is 27.0 Å². The van der Waals surface area contributed by atoms with Crippen LogP contribution in [0.4, 0.5) is 23.2 Å². The largest absolute Gasteiger partial charge is 0.406 e. The van der Waals surface area contributed by atoms with Gasteiger partial charge in [0, 0.05) is 18.8 Å². The normalized spacial score (nSPS) is 12.9. The van der Waals surface area contributed by atoms with Gasteiger partial charge in [0.25, 0.3) is 0 Å². The molecule has 1 atom stereocenters. The first kappa shape index (κ1) is 14.3. The highest BCUT2D eigenvalue weighted by molar-refractivity contribution is 5.46. The third-order valence-electron chi connectivity index (χ3n) is 2.53. The van der Waals surface area contributed by atoms with Gasteiger partial charge in [-0.05, 0) is 31.2 Å². The third-order valence-corrected chi connectivity index (χ3v) is 2.53. The quantitative estimate of drug-likeness (QED) is 0.776. The molecule has 0 saturated heterocycles. The summed E-state index contributed by atoms with van der Waals surface area (Å²) in [5.74, 6) is -2.51. The number of nitriles is 1. The molecular formula is C12H12F4N2. The second-order valence-electron chi connectivity index (χ2n) is 3.74. The Labute approximate surface area is 102 Å². The van der Waals surface area contributed by atoms with Crippen molar-refractivity contribution in [1.82, 2.24) is 0 Å². The Morgan fingerprint density at radius 3 is 2.22 bits per heavy atom. The summed E-state index contributed by atoms with van der Waals surface area (Å²) in [7, 11) is 0.